The molecule has 0 saturated carbocycles. The van der Waals surface area contributed by atoms with Gasteiger partial charge in [0.05, 0.1) is 5.69 Å². The van der Waals surface area contributed by atoms with E-state index in [0.29, 0.717) is 11.3 Å². The first-order valence-electron chi connectivity index (χ1n) is 9.09. The van der Waals surface area contributed by atoms with E-state index in [1.165, 1.54) is 0 Å². The SMILES string of the molecule is CC(CC(=O)NNC(=O)c1cc(-c2ccccc2)n[nH]1)NC(=O)c1ccccc1. The quantitative estimate of drug-likeness (QED) is 0.481. The summed E-state index contributed by atoms with van der Waals surface area (Å²) in [5, 5.41) is 9.48. The normalized spacial score (nSPS) is 11.3. The van der Waals surface area contributed by atoms with Crippen LogP contribution in [0.25, 0.3) is 11.3 Å². The van der Waals surface area contributed by atoms with Gasteiger partial charge in [0.25, 0.3) is 11.8 Å². The second-order valence-electron chi connectivity index (χ2n) is 6.48. The van der Waals surface area contributed by atoms with Crippen LogP contribution in [-0.4, -0.2) is 34.0 Å². The van der Waals surface area contributed by atoms with Gasteiger partial charge in [-0.2, -0.15) is 5.10 Å². The zero-order valence-electron chi connectivity index (χ0n) is 15.8. The Kier molecular flexibility index (Phi) is 6.36. The molecule has 1 heterocycles. The summed E-state index contributed by atoms with van der Waals surface area (Å²) in [6, 6.07) is 19.3. The first kappa shape index (κ1) is 19.8. The van der Waals surface area contributed by atoms with Crippen LogP contribution in [0.2, 0.25) is 0 Å². The molecule has 4 N–H and O–H groups in total. The monoisotopic (exact) mass is 391 g/mol. The first-order chi connectivity index (χ1) is 14.0. The summed E-state index contributed by atoms with van der Waals surface area (Å²) in [7, 11) is 0. The molecule has 8 nitrogen and oxygen atoms in total. The maximum Gasteiger partial charge on any atom is 0.287 e. The molecular weight excluding hydrogens is 370 g/mol. The Balaban J connectivity index is 1.46. The molecule has 1 atom stereocenters. The molecule has 0 aliphatic carbocycles. The van der Waals surface area contributed by atoms with Gasteiger partial charge in [-0.05, 0) is 25.1 Å². The predicted octanol–water partition coefficient (Wildman–Crippen LogP) is 2.05. The Labute approximate surface area is 167 Å². The molecule has 3 amide bonds. The number of hydrogen-bond donors (Lipinski definition) is 4. The Morgan fingerprint density at radius 1 is 0.931 bits per heavy atom. The van der Waals surface area contributed by atoms with Gasteiger partial charge in [0, 0.05) is 23.6 Å². The molecule has 1 unspecified atom stereocenters. The van der Waals surface area contributed by atoms with E-state index in [4.69, 9.17) is 0 Å². The van der Waals surface area contributed by atoms with Gasteiger partial charge in [0.15, 0.2) is 0 Å². The molecule has 0 radical (unpaired) electrons. The van der Waals surface area contributed by atoms with E-state index >= 15 is 0 Å². The van der Waals surface area contributed by atoms with Crippen LogP contribution in [0.3, 0.4) is 0 Å². The van der Waals surface area contributed by atoms with Crippen molar-refractivity contribution in [3.63, 3.8) is 0 Å². The molecule has 0 spiro atoms. The van der Waals surface area contributed by atoms with Gasteiger partial charge in [-0.15, -0.1) is 0 Å². The van der Waals surface area contributed by atoms with E-state index < -0.39 is 17.9 Å². The number of nitrogens with zero attached hydrogens (tertiary/aromatic N) is 1. The highest BCUT2D eigenvalue weighted by molar-refractivity contribution is 5.95. The van der Waals surface area contributed by atoms with Crippen LogP contribution in [0, 0.1) is 0 Å². The fraction of sp³-hybridized carbons (Fsp3) is 0.143. The van der Waals surface area contributed by atoms with E-state index in [1.807, 2.05) is 36.4 Å². The zero-order valence-corrected chi connectivity index (χ0v) is 15.8. The molecule has 8 heteroatoms. The van der Waals surface area contributed by atoms with Crippen LogP contribution in [0.1, 0.15) is 34.2 Å². The molecule has 1 aromatic heterocycles. The number of carbonyl (C=O) groups excluding carboxylic acids is 3. The molecule has 29 heavy (non-hydrogen) atoms. The lowest BCUT2D eigenvalue weighted by atomic mass is 10.1. The van der Waals surface area contributed by atoms with Gasteiger partial charge in [0.1, 0.15) is 5.69 Å². The number of rotatable bonds is 6. The minimum Gasteiger partial charge on any atom is -0.349 e. The van der Waals surface area contributed by atoms with Crippen molar-refractivity contribution in [3.05, 3.63) is 78.0 Å². The third-order valence-electron chi connectivity index (χ3n) is 4.11. The predicted molar refractivity (Wildman–Crippen MR) is 108 cm³/mol. The third-order valence-corrected chi connectivity index (χ3v) is 4.11. The van der Waals surface area contributed by atoms with Crippen LogP contribution in [0.4, 0.5) is 0 Å². The van der Waals surface area contributed by atoms with Gasteiger partial charge in [-0.1, -0.05) is 48.5 Å². The third kappa shape index (κ3) is 5.52. The average Bonchev–Trinajstić information content (AvgIpc) is 3.23. The largest absolute Gasteiger partial charge is 0.349 e. The van der Waals surface area contributed by atoms with E-state index in [2.05, 4.69) is 26.4 Å². The van der Waals surface area contributed by atoms with Gasteiger partial charge in [0.2, 0.25) is 5.91 Å². The molecule has 3 rings (SSSR count). The zero-order chi connectivity index (χ0) is 20.6. The minimum absolute atomic E-state index is 0.0110. The van der Waals surface area contributed by atoms with Crippen LogP contribution < -0.4 is 16.2 Å². The number of benzene rings is 2. The lowest BCUT2D eigenvalue weighted by Crippen LogP contribution is -2.44. The van der Waals surface area contributed by atoms with Crippen molar-refractivity contribution in [2.75, 3.05) is 0 Å². The molecule has 0 fully saturated rings. The van der Waals surface area contributed by atoms with Crippen molar-refractivity contribution in [1.82, 2.24) is 26.4 Å². The van der Waals surface area contributed by atoms with Crippen LogP contribution in [0.5, 0.6) is 0 Å². The Morgan fingerprint density at radius 2 is 1.59 bits per heavy atom. The van der Waals surface area contributed by atoms with E-state index in [1.54, 1.807) is 37.3 Å². The Bertz CT molecular complexity index is 986. The van der Waals surface area contributed by atoms with Crippen LogP contribution in [0.15, 0.2) is 66.7 Å². The van der Waals surface area contributed by atoms with Gasteiger partial charge < -0.3 is 5.32 Å². The first-order valence-corrected chi connectivity index (χ1v) is 9.09. The number of aromatic amines is 1. The minimum atomic E-state index is -0.519. The van der Waals surface area contributed by atoms with Crippen molar-refractivity contribution < 1.29 is 14.4 Å². The number of aromatic nitrogens is 2. The lowest BCUT2D eigenvalue weighted by Gasteiger charge is -2.14. The number of amides is 3. The molecule has 0 saturated heterocycles. The van der Waals surface area contributed by atoms with Crippen LogP contribution >= 0.6 is 0 Å². The molecule has 0 aliphatic heterocycles. The second-order valence-corrected chi connectivity index (χ2v) is 6.48. The van der Waals surface area contributed by atoms with Crippen molar-refractivity contribution in [2.45, 2.75) is 19.4 Å². The summed E-state index contributed by atoms with van der Waals surface area (Å²) in [4.78, 5) is 36.3. The Hall–Kier alpha value is -3.94. The summed E-state index contributed by atoms with van der Waals surface area (Å²) >= 11 is 0. The Morgan fingerprint density at radius 3 is 2.28 bits per heavy atom. The van der Waals surface area contributed by atoms with Gasteiger partial charge in [-0.25, -0.2) is 0 Å². The maximum atomic E-state index is 12.2. The average molecular weight is 391 g/mol. The summed E-state index contributed by atoms with van der Waals surface area (Å²) in [5.41, 5.74) is 6.89. The molecule has 3 aromatic rings. The number of carbonyl (C=O) groups is 3. The lowest BCUT2D eigenvalue weighted by molar-refractivity contribution is -0.122. The maximum absolute atomic E-state index is 12.2. The second kappa shape index (κ2) is 9.32. The summed E-state index contributed by atoms with van der Waals surface area (Å²) in [6.45, 7) is 1.71. The highest BCUT2D eigenvalue weighted by Gasteiger charge is 2.15. The molecule has 0 aliphatic rings. The highest BCUT2D eigenvalue weighted by Crippen LogP contribution is 2.16. The van der Waals surface area contributed by atoms with Gasteiger partial charge in [-0.3, -0.25) is 30.3 Å². The molecule has 0 bridgehead atoms. The smallest absolute Gasteiger partial charge is 0.287 e. The van der Waals surface area contributed by atoms with E-state index in [9.17, 15) is 14.4 Å². The van der Waals surface area contributed by atoms with Crippen LogP contribution in [-0.2, 0) is 4.79 Å². The van der Waals surface area contributed by atoms with E-state index in [-0.39, 0.29) is 18.0 Å². The summed E-state index contributed by atoms with van der Waals surface area (Å²) in [5.74, 6) is -1.21. The summed E-state index contributed by atoms with van der Waals surface area (Å²) < 4.78 is 0. The highest BCUT2D eigenvalue weighted by atomic mass is 16.2. The van der Waals surface area contributed by atoms with Crippen molar-refractivity contribution in [1.29, 1.82) is 0 Å². The number of H-pyrrole nitrogens is 1. The van der Waals surface area contributed by atoms with Gasteiger partial charge >= 0.3 is 0 Å². The molecule has 2 aromatic carbocycles. The topological polar surface area (TPSA) is 116 Å². The fourth-order valence-electron chi connectivity index (χ4n) is 2.67. The molecule has 148 valence electrons. The summed E-state index contributed by atoms with van der Waals surface area (Å²) in [6.07, 6.45) is 0.0110. The van der Waals surface area contributed by atoms with Crippen molar-refractivity contribution >= 4 is 17.7 Å². The van der Waals surface area contributed by atoms with Crippen molar-refractivity contribution in [2.24, 2.45) is 0 Å². The standard InChI is InChI=1S/C21H21N5O3/c1-14(22-20(28)16-10-6-3-7-11-16)12-19(27)25-26-21(29)18-13-17(23-24-18)15-8-4-2-5-9-15/h2-11,13-14H,12H2,1H3,(H,22,28)(H,23,24)(H,25,27)(H,26,29). The number of hydrazine groups is 1. The van der Waals surface area contributed by atoms with Crippen molar-refractivity contribution in [3.8, 4) is 11.3 Å². The van der Waals surface area contributed by atoms with E-state index in [0.717, 1.165) is 5.56 Å². The fourth-order valence-corrected chi connectivity index (χ4v) is 2.67. The number of nitrogens with one attached hydrogen (secondary N) is 4. The molecular formula is C21H21N5O3. The number of hydrogen-bond acceptors (Lipinski definition) is 4.